The quantitative estimate of drug-likeness (QED) is 0.499. The van der Waals surface area contributed by atoms with Crippen molar-refractivity contribution < 1.29 is 19.1 Å². The molecule has 2 rings (SSSR count). The topological polar surface area (TPSA) is 101 Å². The molecule has 2 aromatic rings. The summed E-state index contributed by atoms with van der Waals surface area (Å²) >= 11 is 0. The van der Waals surface area contributed by atoms with Crippen molar-refractivity contribution in [3.63, 3.8) is 0 Å². The average molecular weight is 425 g/mol. The Hall–Kier alpha value is -3.68. The number of carbonyl (C=O) groups is 2. The van der Waals surface area contributed by atoms with Crippen molar-refractivity contribution in [2.75, 3.05) is 14.2 Å². The Morgan fingerprint density at radius 3 is 1.32 bits per heavy atom. The summed E-state index contributed by atoms with van der Waals surface area (Å²) in [5, 5.41) is 8.44. The standard InChI is InChI=1S/C23H28N4O4/c1-15(24-26-21(28)17-7-11-19(30-5)12-8-17)23(3,4)16(2)25-27-22(29)18-9-13-20(31-6)14-10-18/h7-14H,1-6H3,(H,26,28)(H,27,29)/b24-15+,25-16+. The summed E-state index contributed by atoms with van der Waals surface area (Å²) in [6, 6.07) is 13.5. The van der Waals surface area contributed by atoms with Crippen LogP contribution in [0.15, 0.2) is 58.7 Å². The van der Waals surface area contributed by atoms with E-state index in [4.69, 9.17) is 9.47 Å². The fraction of sp³-hybridized carbons (Fsp3) is 0.304. The Kier molecular flexibility index (Phi) is 7.90. The molecule has 0 saturated heterocycles. The molecule has 0 bridgehead atoms. The van der Waals surface area contributed by atoms with E-state index in [1.54, 1.807) is 76.6 Å². The van der Waals surface area contributed by atoms with Crippen molar-refractivity contribution in [2.45, 2.75) is 27.7 Å². The largest absolute Gasteiger partial charge is 0.497 e. The number of benzene rings is 2. The lowest BCUT2D eigenvalue weighted by Gasteiger charge is -2.24. The Morgan fingerprint density at radius 2 is 1.03 bits per heavy atom. The SMILES string of the molecule is COc1ccc(C(=O)N/N=C(\C)C(C)(C)/C(C)=N/NC(=O)c2ccc(OC)cc2)cc1. The number of methoxy groups -OCH3 is 2. The molecule has 8 nitrogen and oxygen atoms in total. The van der Waals surface area contributed by atoms with Gasteiger partial charge in [0.2, 0.25) is 0 Å². The first kappa shape index (κ1) is 23.6. The summed E-state index contributed by atoms with van der Waals surface area (Å²) in [5.74, 6) is 0.669. The maximum absolute atomic E-state index is 12.3. The van der Waals surface area contributed by atoms with Crippen LogP contribution in [0.2, 0.25) is 0 Å². The number of nitrogens with one attached hydrogen (secondary N) is 2. The average Bonchev–Trinajstić information content (AvgIpc) is 2.80. The lowest BCUT2D eigenvalue weighted by Crippen LogP contribution is -2.34. The molecule has 0 aromatic heterocycles. The van der Waals surface area contributed by atoms with Gasteiger partial charge in [-0.3, -0.25) is 9.59 Å². The number of carbonyl (C=O) groups excluding carboxylic acids is 2. The van der Waals surface area contributed by atoms with Gasteiger partial charge in [-0.15, -0.1) is 0 Å². The molecule has 0 atom stereocenters. The number of ether oxygens (including phenoxy) is 2. The van der Waals surface area contributed by atoms with Crippen LogP contribution >= 0.6 is 0 Å². The first-order chi connectivity index (χ1) is 14.7. The van der Waals surface area contributed by atoms with Gasteiger partial charge < -0.3 is 9.47 Å². The van der Waals surface area contributed by atoms with Gasteiger partial charge in [0, 0.05) is 28.0 Å². The molecular weight excluding hydrogens is 396 g/mol. The van der Waals surface area contributed by atoms with Gasteiger partial charge in [0.15, 0.2) is 0 Å². The van der Waals surface area contributed by atoms with Crippen molar-refractivity contribution in [3.05, 3.63) is 59.7 Å². The predicted molar refractivity (Wildman–Crippen MR) is 121 cm³/mol. The van der Waals surface area contributed by atoms with E-state index in [2.05, 4.69) is 21.1 Å². The molecule has 164 valence electrons. The molecule has 0 aliphatic rings. The summed E-state index contributed by atoms with van der Waals surface area (Å²) in [4.78, 5) is 24.6. The number of rotatable bonds is 8. The van der Waals surface area contributed by atoms with Gasteiger partial charge in [-0.25, -0.2) is 10.9 Å². The molecule has 0 spiro atoms. The lowest BCUT2D eigenvalue weighted by molar-refractivity contribution is 0.0947. The van der Waals surface area contributed by atoms with E-state index in [-0.39, 0.29) is 11.8 Å². The van der Waals surface area contributed by atoms with E-state index in [9.17, 15) is 9.59 Å². The molecule has 2 amide bonds. The van der Waals surface area contributed by atoms with Crippen molar-refractivity contribution in [1.29, 1.82) is 0 Å². The number of hydrogen-bond acceptors (Lipinski definition) is 6. The van der Waals surface area contributed by atoms with E-state index in [0.717, 1.165) is 0 Å². The molecule has 2 N–H and O–H groups in total. The van der Waals surface area contributed by atoms with Crippen LogP contribution < -0.4 is 20.3 Å². The summed E-state index contributed by atoms with van der Waals surface area (Å²) in [5.41, 5.74) is 6.71. The van der Waals surface area contributed by atoms with Gasteiger partial charge in [-0.05, 0) is 76.2 Å². The Labute approximate surface area is 182 Å². The van der Waals surface area contributed by atoms with Gasteiger partial charge in [0.25, 0.3) is 11.8 Å². The number of nitrogens with zero attached hydrogens (tertiary/aromatic N) is 2. The highest BCUT2D eigenvalue weighted by Crippen LogP contribution is 2.20. The monoisotopic (exact) mass is 424 g/mol. The second-order valence-corrected chi connectivity index (χ2v) is 7.36. The minimum atomic E-state index is -0.597. The third-order valence-corrected chi connectivity index (χ3v) is 5.16. The zero-order chi connectivity index (χ0) is 23.0. The Bertz CT molecular complexity index is 898. The fourth-order valence-electron chi connectivity index (χ4n) is 2.42. The van der Waals surface area contributed by atoms with E-state index in [0.29, 0.717) is 34.0 Å². The van der Waals surface area contributed by atoms with Gasteiger partial charge in [0.05, 0.1) is 14.2 Å². The van der Waals surface area contributed by atoms with Crippen LogP contribution in [0.1, 0.15) is 48.4 Å². The number of hydrogen-bond donors (Lipinski definition) is 2. The molecular formula is C23H28N4O4. The summed E-state index contributed by atoms with van der Waals surface area (Å²) in [6.45, 7) is 7.39. The zero-order valence-electron chi connectivity index (χ0n) is 18.6. The molecule has 8 heteroatoms. The summed E-state index contributed by atoms with van der Waals surface area (Å²) < 4.78 is 10.2. The maximum atomic E-state index is 12.3. The first-order valence-electron chi connectivity index (χ1n) is 9.67. The molecule has 31 heavy (non-hydrogen) atoms. The molecule has 0 unspecified atom stereocenters. The highest BCUT2D eigenvalue weighted by Gasteiger charge is 2.26. The number of hydrazone groups is 2. The molecule has 0 heterocycles. The van der Waals surface area contributed by atoms with Crippen molar-refractivity contribution in [3.8, 4) is 11.5 Å². The Balaban J connectivity index is 2.03. The number of amides is 2. The van der Waals surface area contributed by atoms with Crippen LogP contribution in [-0.2, 0) is 0 Å². The third kappa shape index (κ3) is 6.15. The second-order valence-electron chi connectivity index (χ2n) is 7.36. The smallest absolute Gasteiger partial charge is 0.271 e. The van der Waals surface area contributed by atoms with Gasteiger partial charge in [-0.1, -0.05) is 0 Å². The fourth-order valence-corrected chi connectivity index (χ4v) is 2.42. The minimum Gasteiger partial charge on any atom is -0.497 e. The summed E-state index contributed by atoms with van der Waals surface area (Å²) in [6.07, 6.45) is 0. The van der Waals surface area contributed by atoms with Gasteiger partial charge in [-0.2, -0.15) is 10.2 Å². The van der Waals surface area contributed by atoms with Gasteiger partial charge in [0.1, 0.15) is 11.5 Å². The van der Waals surface area contributed by atoms with Crippen molar-refractivity contribution >= 4 is 23.2 Å². The third-order valence-electron chi connectivity index (χ3n) is 5.16. The zero-order valence-corrected chi connectivity index (χ0v) is 18.6. The van der Waals surface area contributed by atoms with Gasteiger partial charge >= 0.3 is 0 Å². The molecule has 0 radical (unpaired) electrons. The normalized spacial score (nSPS) is 12.2. The molecule has 0 aliphatic carbocycles. The predicted octanol–water partition coefficient (Wildman–Crippen LogP) is 3.64. The lowest BCUT2D eigenvalue weighted by atomic mass is 9.84. The summed E-state index contributed by atoms with van der Waals surface area (Å²) in [7, 11) is 3.13. The van der Waals surface area contributed by atoms with Crippen LogP contribution in [0.4, 0.5) is 0 Å². The second kappa shape index (κ2) is 10.4. The van der Waals surface area contributed by atoms with Crippen LogP contribution in [0.3, 0.4) is 0 Å². The van der Waals surface area contributed by atoms with E-state index in [1.807, 2.05) is 13.8 Å². The van der Waals surface area contributed by atoms with Crippen LogP contribution in [0.5, 0.6) is 11.5 Å². The maximum Gasteiger partial charge on any atom is 0.271 e. The molecule has 0 aliphatic heterocycles. The molecule has 0 saturated carbocycles. The van der Waals surface area contributed by atoms with E-state index in [1.165, 1.54) is 0 Å². The van der Waals surface area contributed by atoms with Crippen LogP contribution in [0.25, 0.3) is 0 Å². The van der Waals surface area contributed by atoms with E-state index < -0.39 is 5.41 Å². The van der Waals surface area contributed by atoms with Crippen LogP contribution in [-0.4, -0.2) is 37.5 Å². The van der Waals surface area contributed by atoms with Crippen LogP contribution in [0, 0.1) is 5.41 Å². The molecule has 2 aromatic carbocycles. The first-order valence-corrected chi connectivity index (χ1v) is 9.67. The minimum absolute atomic E-state index is 0.333. The van der Waals surface area contributed by atoms with E-state index >= 15 is 0 Å². The Morgan fingerprint density at radius 1 is 0.710 bits per heavy atom. The highest BCUT2D eigenvalue weighted by molar-refractivity contribution is 6.10. The highest BCUT2D eigenvalue weighted by atomic mass is 16.5. The van der Waals surface area contributed by atoms with Crippen molar-refractivity contribution in [1.82, 2.24) is 10.9 Å². The molecule has 0 fully saturated rings. The van der Waals surface area contributed by atoms with Crippen molar-refractivity contribution in [2.24, 2.45) is 15.6 Å².